The minimum absolute atomic E-state index is 0.182. The van der Waals surface area contributed by atoms with Gasteiger partial charge in [-0.2, -0.15) is 0 Å². The molecular formula is C16H18N2O2. The lowest BCUT2D eigenvalue weighted by atomic mass is 10.1. The van der Waals surface area contributed by atoms with Gasteiger partial charge in [0.15, 0.2) is 0 Å². The largest absolute Gasteiger partial charge is 0.381 e. The van der Waals surface area contributed by atoms with E-state index < -0.39 is 0 Å². The lowest BCUT2D eigenvalue weighted by Gasteiger charge is -2.08. The number of hydrogen-bond acceptors (Lipinski definition) is 3. The molecule has 0 fully saturated rings. The molecule has 0 bridgehead atoms. The van der Waals surface area contributed by atoms with Crippen LogP contribution in [-0.2, 0) is 13.0 Å². The normalized spacial score (nSPS) is 10.3. The molecular weight excluding hydrogens is 252 g/mol. The number of nitrogens with zero attached hydrogens (tertiary/aromatic N) is 1. The number of rotatable bonds is 5. The minimum Gasteiger partial charge on any atom is -0.381 e. The van der Waals surface area contributed by atoms with E-state index in [1.807, 2.05) is 26.0 Å². The van der Waals surface area contributed by atoms with Crippen LogP contribution in [0.25, 0.3) is 0 Å². The van der Waals surface area contributed by atoms with Gasteiger partial charge in [0.05, 0.1) is 4.92 Å². The third kappa shape index (κ3) is 3.35. The maximum atomic E-state index is 11.0. The van der Waals surface area contributed by atoms with E-state index in [1.54, 1.807) is 6.07 Å². The molecule has 0 aliphatic rings. The molecule has 4 nitrogen and oxygen atoms in total. The van der Waals surface area contributed by atoms with Crippen molar-refractivity contribution in [1.29, 1.82) is 0 Å². The Hall–Kier alpha value is -2.36. The Kier molecular flexibility index (Phi) is 4.35. The molecule has 104 valence electrons. The number of hydrogen-bond donors (Lipinski definition) is 1. The molecule has 0 atom stereocenters. The number of nitro benzene ring substituents is 1. The first-order chi connectivity index (χ1) is 9.60. The average molecular weight is 270 g/mol. The van der Waals surface area contributed by atoms with E-state index in [2.05, 4.69) is 29.6 Å². The van der Waals surface area contributed by atoms with Gasteiger partial charge in [0.1, 0.15) is 0 Å². The molecule has 0 unspecified atom stereocenters. The summed E-state index contributed by atoms with van der Waals surface area (Å²) in [5.74, 6) is 0. The van der Waals surface area contributed by atoms with Crippen molar-refractivity contribution in [3.63, 3.8) is 0 Å². The Morgan fingerprint density at radius 3 is 2.45 bits per heavy atom. The van der Waals surface area contributed by atoms with Gasteiger partial charge in [-0.25, -0.2) is 0 Å². The Labute approximate surface area is 118 Å². The van der Waals surface area contributed by atoms with Gasteiger partial charge in [-0.1, -0.05) is 42.8 Å². The number of nitrogens with one attached hydrogen (secondary N) is 1. The predicted molar refractivity (Wildman–Crippen MR) is 81.0 cm³/mol. The summed E-state index contributed by atoms with van der Waals surface area (Å²) in [6, 6.07) is 13.5. The lowest BCUT2D eigenvalue weighted by Crippen LogP contribution is -2.01. The highest BCUT2D eigenvalue weighted by Gasteiger charge is 2.12. The molecule has 2 rings (SSSR count). The third-order valence-corrected chi connectivity index (χ3v) is 3.28. The van der Waals surface area contributed by atoms with Crippen LogP contribution in [0, 0.1) is 17.0 Å². The van der Waals surface area contributed by atoms with Gasteiger partial charge < -0.3 is 5.32 Å². The Morgan fingerprint density at radius 1 is 1.15 bits per heavy atom. The van der Waals surface area contributed by atoms with E-state index in [9.17, 15) is 10.1 Å². The fraction of sp³-hybridized carbons (Fsp3) is 0.250. The first-order valence-electron chi connectivity index (χ1n) is 6.67. The van der Waals surface area contributed by atoms with Crippen LogP contribution in [0.5, 0.6) is 0 Å². The van der Waals surface area contributed by atoms with Crippen molar-refractivity contribution in [1.82, 2.24) is 0 Å². The number of benzene rings is 2. The predicted octanol–water partition coefficient (Wildman–Crippen LogP) is 4.08. The first-order valence-corrected chi connectivity index (χ1v) is 6.67. The van der Waals surface area contributed by atoms with Crippen molar-refractivity contribution in [2.75, 3.05) is 5.32 Å². The van der Waals surface area contributed by atoms with Gasteiger partial charge in [-0.3, -0.25) is 10.1 Å². The molecule has 0 saturated heterocycles. The maximum Gasteiger partial charge on any atom is 0.274 e. The maximum absolute atomic E-state index is 11.0. The van der Waals surface area contributed by atoms with Crippen LogP contribution in [0.4, 0.5) is 11.4 Å². The molecule has 2 aromatic rings. The standard InChI is InChI=1S/C16H18N2O2/c1-3-14-8-9-15(10-16(14)18(19)20)17-11-13-6-4-12(2)5-7-13/h4-10,17H,3,11H2,1-2H3. The van der Waals surface area contributed by atoms with Gasteiger partial charge in [0, 0.05) is 23.9 Å². The monoisotopic (exact) mass is 270 g/mol. The van der Waals surface area contributed by atoms with Gasteiger partial charge >= 0.3 is 0 Å². The number of nitro groups is 1. The lowest BCUT2D eigenvalue weighted by molar-refractivity contribution is -0.385. The molecule has 0 aromatic heterocycles. The second kappa shape index (κ2) is 6.19. The summed E-state index contributed by atoms with van der Waals surface area (Å²) >= 11 is 0. The molecule has 0 aliphatic heterocycles. The Balaban J connectivity index is 2.11. The van der Waals surface area contributed by atoms with Crippen LogP contribution in [0.1, 0.15) is 23.6 Å². The highest BCUT2D eigenvalue weighted by molar-refractivity contribution is 5.55. The highest BCUT2D eigenvalue weighted by Crippen LogP contribution is 2.24. The van der Waals surface area contributed by atoms with Crippen LogP contribution < -0.4 is 5.32 Å². The zero-order valence-corrected chi connectivity index (χ0v) is 11.7. The summed E-state index contributed by atoms with van der Waals surface area (Å²) in [7, 11) is 0. The van der Waals surface area contributed by atoms with Crippen molar-refractivity contribution < 1.29 is 4.92 Å². The fourth-order valence-electron chi connectivity index (χ4n) is 2.05. The first kappa shape index (κ1) is 14.1. The van der Waals surface area contributed by atoms with Crippen molar-refractivity contribution in [3.8, 4) is 0 Å². The quantitative estimate of drug-likeness (QED) is 0.658. The average Bonchev–Trinajstić information content (AvgIpc) is 2.46. The second-order valence-corrected chi connectivity index (χ2v) is 4.79. The molecule has 0 saturated carbocycles. The zero-order chi connectivity index (χ0) is 14.5. The smallest absolute Gasteiger partial charge is 0.274 e. The zero-order valence-electron chi connectivity index (χ0n) is 11.7. The SMILES string of the molecule is CCc1ccc(NCc2ccc(C)cc2)cc1[N+](=O)[O-]. The van der Waals surface area contributed by atoms with Gasteiger partial charge in [-0.05, 0) is 25.0 Å². The van der Waals surface area contributed by atoms with Crippen molar-refractivity contribution in [3.05, 3.63) is 69.3 Å². The topological polar surface area (TPSA) is 55.2 Å². The van der Waals surface area contributed by atoms with Crippen LogP contribution in [0.2, 0.25) is 0 Å². The molecule has 0 heterocycles. The summed E-state index contributed by atoms with van der Waals surface area (Å²) in [5.41, 5.74) is 4.08. The summed E-state index contributed by atoms with van der Waals surface area (Å²) in [4.78, 5) is 10.7. The highest BCUT2D eigenvalue weighted by atomic mass is 16.6. The fourth-order valence-corrected chi connectivity index (χ4v) is 2.05. The van der Waals surface area contributed by atoms with Crippen molar-refractivity contribution in [2.45, 2.75) is 26.8 Å². The summed E-state index contributed by atoms with van der Waals surface area (Å²) in [6.45, 7) is 4.62. The number of anilines is 1. The van der Waals surface area contributed by atoms with E-state index >= 15 is 0 Å². The molecule has 0 amide bonds. The third-order valence-electron chi connectivity index (χ3n) is 3.28. The van der Waals surface area contributed by atoms with Crippen LogP contribution in [0.15, 0.2) is 42.5 Å². The Bertz CT molecular complexity index is 606. The molecule has 20 heavy (non-hydrogen) atoms. The molecule has 2 aromatic carbocycles. The Morgan fingerprint density at radius 2 is 1.85 bits per heavy atom. The summed E-state index contributed by atoms with van der Waals surface area (Å²) in [6.07, 6.45) is 0.661. The van der Waals surface area contributed by atoms with E-state index in [4.69, 9.17) is 0 Å². The summed E-state index contributed by atoms with van der Waals surface area (Å²) in [5, 5.41) is 14.2. The van der Waals surface area contributed by atoms with E-state index in [1.165, 1.54) is 5.56 Å². The van der Waals surface area contributed by atoms with E-state index in [-0.39, 0.29) is 10.6 Å². The van der Waals surface area contributed by atoms with Crippen molar-refractivity contribution in [2.24, 2.45) is 0 Å². The van der Waals surface area contributed by atoms with Gasteiger partial charge in [-0.15, -0.1) is 0 Å². The van der Waals surface area contributed by atoms with E-state index in [0.29, 0.717) is 13.0 Å². The van der Waals surface area contributed by atoms with Crippen LogP contribution in [0.3, 0.4) is 0 Å². The van der Waals surface area contributed by atoms with E-state index in [0.717, 1.165) is 16.8 Å². The van der Waals surface area contributed by atoms with Crippen molar-refractivity contribution >= 4 is 11.4 Å². The molecule has 0 radical (unpaired) electrons. The van der Waals surface area contributed by atoms with Crippen LogP contribution in [-0.4, -0.2) is 4.92 Å². The second-order valence-electron chi connectivity index (χ2n) is 4.79. The van der Waals surface area contributed by atoms with Gasteiger partial charge in [0.2, 0.25) is 0 Å². The summed E-state index contributed by atoms with van der Waals surface area (Å²) < 4.78 is 0. The number of aryl methyl sites for hydroxylation is 2. The molecule has 0 spiro atoms. The van der Waals surface area contributed by atoms with Crippen LogP contribution >= 0.6 is 0 Å². The molecule has 1 N–H and O–H groups in total. The molecule has 0 aliphatic carbocycles. The minimum atomic E-state index is -0.324. The van der Waals surface area contributed by atoms with Gasteiger partial charge in [0.25, 0.3) is 5.69 Å². The molecule has 4 heteroatoms.